The second kappa shape index (κ2) is 6.78. The van der Waals surface area contributed by atoms with Gasteiger partial charge in [-0.15, -0.1) is 0 Å². The fourth-order valence-corrected chi connectivity index (χ4v) is 2.34. The van der Waals surface area contributed by atoms with Crippen LogP contribution >= 0.6 is 0 Å². The van der Waals surface area contributed by atoms with Gasteiger partial charge in [0.05, 0.1) is 5.69 Å². The van der Waals surface area contributed by atoms with Crippen LogP contribution in [0.25, 0.3) is 0 Å². The van der Waals surface area contributed by atoms with Crippen LogP contribution in [0.15, 0.2) is 42.9 Å². The standard InChI is InChI=1S/C17H22N4/c1-21(12-14-6-8-18-9-7-14)13-17-3-2-15(11-20-17)10-19-16-4-5-16/h2-3,6-9,11,16,19H,4-5,10,12-13H2,1H3. The van der Waals surface area contributed by atoms with Gasteiger partial charge in [-0.3, -0.25) is 14.9 Å². The van der Waals surface area contributed by atoms with Crippen molar-refractivity contribution in [3.8, 4) is 0 Å². The molecule has 0 aliphatic heterocycles. The van der Waals surface area contributed by atoms with Crippen molar-refractivity contribution in [2.45, 2.75) is 38.5 Å². The van der Waals surface area contributed by atoms with Gasteiger partial charge in [-0.05, 0) is 49.2 Å². The van der Waals surface area contributed by atoms with Crippen molar-refractivity contribution in [2.24, 2.45) is 0 Å². The number of hydrogen-bond donors (Lipinski definition) is 1. The third-order valence-electron chi connectivity index (χ3n) is 3.69. The van der Waals surface area contributed by atoms with E-state index in [1.165, 1.54) is 24.0 Å². The third kappa shape index (κ3) is 4.62. The SMILES string of the molecule is CN(Cc1ccncc1)Cc1ccc(CNC2CC2)cn1. The first kappa shape index (κ1) is 14.2. The molecular weight excluding hydrogens is 260 g/mol. The molecule has 0 unspecified atom stereocenters. The maximum absolute atomic E-state index is 4.56. The Morgan fingerprint density at radius 1 is 1.10 bits per heavy atom. The molecule has 1 saturated carbocycles. The van der Waals surface area contributed by atoms with Gasteiger partial charge in [-0.25, -0.2) is 0 Å². The van der Waals surface area contributed by atoms with Crippen molar-refractivity contribution < 1.29 is 0 Å². The molecule has 3 rings (SSSR count). The first-order valence-corrected chi connectivity index (χ1v) is 7.54. The van der Waals surface area contributed by atoms with Crippen molar-refractivity contribution >= 4 is 0 Å². The summed E-state index contributed by atoms with van der Waals surface area (Å²) in [5.41, 5.74) is 3.65. The van der Waals surface area contributed by atoms with Gasteiger partial charge in [0, 0.05) is 44.3 Å². The lowest BCUT2D eigenvalue weighted by atomic mass is 10.2. The quantitative estimate of drug-likeness (QED) is 0.846. The van der Waals surface area contributed by atoms with E-state index in [0.29, 0.717) is 0 Å². The molecule has 4 nitrogen and oxygen atoms in total. The van der Waals surface area contributed by atoms with Gasteiger partial charge in [-0.2, -0.15) is 0 Å². The highest BCUT2D eigenvalue weighted by molar-refractivity contribution is 5.15. The topological polar surface area (TPSA) is 41.1 Å². The minimum absolute atomic E-state index is 0.746. The molecule has 2 heterocycles. The second-order valence-electron chi connectivity index (χ2n) is 5.84. The molecule has 0 atom stereocenters. The van der Waals surface area contributed by atoms with Gasteiger partial charge >= 0.3 is 0 Å². The molecule has 0 spiro atoms. The number of pyridine rings is 2. The average Bonchev–Trinajstić information content (AvgIpc) is 3.32. The Kier molecular flexibility index (Phi) is 4.58. The van der Waals surface area contributed by atoms with Crippen LogP contribution in [0.5, 0.6) is 0 Å². The largest absolute Gasteiger partial charge is 0.310 e. The first-order valence-electron chi connectivity index (χ1n) is 7.54. The minimum atomic E-state index is 0.746. The molecule has 0 amide bonds. The van der Waals surface area contributed by atoms with E-state index in [0.717, 1.165) is 31.4 Å². The van der Waals surface area contributed by atoms with E-state index in [4.69, 9.17) is 0 Å². The summed E-state index contributed by atoms with van der Waals surface area (Å²) in [4.78, 5) is 10.9. The van der Waals surface area contributed by atoms with E-state index in [-0.39, 0.29) is 0 Å². The van der Waals surface area contributed by atoms with Gasteiger partial charge in [0.1, 0.15) is 0 Å². The number of nitrogens with one attached hydrogen (secondary N) is 1. The van der Waals surface area contributed by atoms with Crippen LogP contribution in [0.3, 0.4) is 0 Å². The van der Waals surface area contributed by atoms with Gasteiger partial charge in [0.15, 0.2) is 0 Å². The molecule has 4 heteroatoms. The summed E-state index contributed by atoms with van der Waals surface area (Å²) < 4.78 is 0. The van der Waals surface area contributed by atoms with E-state index in [1.807, 2.05) is 18.6 Å². The lowest BCUT2D eigenvalue weighted by Crippen LogP contribution is -2.18. The highest BCUT2D eigenvalue weighted by atomic mass is 15.1. The molecular formula is C17H22N4. The van der Waals surface area contributed by atoms with Gasteiger partial charge < -0.3 is 5.32 Å². The van der Waals surface area contributed by atoms with Crippen molar-refractivity contribution in [3.63, 3.8) is 0 Å². The zero-order valence-corrected chi connectivity index (χ0v) is 12.5. The van der Waals surface area contributed by atoms with Crippen LogP contribution in [0.1, 0.15) is 29.7 Å². The molecule has 2 aromatic rings. The molecule has 0 aromatic carbocycles. The monoisotopic (exact) mass is 282 g/mol. The van der Waals surface area contributed by atoms with Crippen molar-refractivity contribution in [1.29, 1.82) is 0 Å². The van der Waals surface area contributed by atoms with Gasteiger partial charge in [0.2, 0.25) is 0 Å². The molecule has 1 fully saturated rings. The first-order chi connectivity index (χ1) is 10.3. The number of aromatic nitrogens is 2. The maximum atomic E-state index is 4.56. The van der Waals surface area contributed by atoms with Crippen LogP contribution < -0.4 is 5.32 Å². The fourth-order valence-electron chi connectivity index (χ4n) is 2.34. The number of hydrogen-bond acceptors (Lipinski definition) is 4. The Morgan fingerprint density at radius 3 is 2.57 bits per heavy atom. The summed E-state index contributed by atoms with van der Waals surface area (Å²) >= 11 is 0. The molecule has 2 aromatic heterocycles. The summed E-state index contributed by atoms with van der Waals surface area (Å²) in [6.45, 7) is 2.71. The van der Waals surface area contributed by atoms with Crippen molar-refractivity contribution in [2.75, 3.05) is 7.05 Å². The Bertz CT molecular complexity index is 549. The normalized spacial score (nSPS) is 14.6. The predicted molar refractivity (Wildman–Crippen MR) is 83.5 cm³/mol. The van der Waals surface area contributed by atoms with Crippen molar-refractivity contribution in [3.05, 3.63) is 59.7 Å². The van der Waals surface area contributed by atoms with Crippen LogP contribution in [0.4, 0.5) is 0 Å². The summed E-state index contributed by atoms with van der Waals surface area (Å²) in [7, 11) is 2.12. The Labute approximate surface area is 126 Å². The van der Waals surface area contributed by atoms with Crippen LogP contribution in [-0.2, 0) is 19.6 Å². The minimum Gasteiger partial charge on any atom is -0.310 e. The second-order valence-corrected chi connectivity index (χ2v) is 5.84. The maximum Gasteiger partial charge on any atom is 0.0544 e. The molecule has 1 aliphatic carbocycles. The predicted octanol–water partition coefficient (Wildman–Crippen LogP) is 2.36. The van der Waals surface area contributed by atoms with E-state index >= 15 is 0 Å². The smallest absolute Gasteiger partial charge is 0.0544 e. The number of nitrogens with zero attached hydrogens (tertiary/aromatic N) is 3. The zero-order valence-electron chi connectivity index (χ0n) is 12.5. The Hall–Kier alpha value is -1.78. The van der Waals surface area contributed by atoms with Crippen LogP contribution in [0, 0.1) is 0 Å². The van der Waals surface area contributed by atoms with Crippen LogP contribution in [0.2, 0.25) is 0 Å². The molecule has 0 bridgehead atoms. The van der Waals surface area contributed by atoms with E-state index in [9.17, 15) is 0 Å². The molecule has 1 aliphatic rings. The fraction of sp³-hybridized carbons (Fsp3) is 0.412. The third-order valence-corrected chi connectivity index (χ3v) is 3.69. The molecule has 1 N–H and O–H groups in total. The lowest BCUT2D eigenvalue weighted by Gasteiger charge is -2.16. The Morgan fingerprint density at radius 2 is 1.90 bits per heavy atom. The molecule has 110 valence electrons. The number of rotatable bonds is 7. The summed E-state index contributed by atoms with van der Waals surface area (Å²) in [5.74, 6) is 0. The highest BCUT2D eigenvalue weighted by Crippen LogP contribution is 2.19. The Balaban J connectivity index is 1.49. The lowest BCUT2D eigenvalue weighted by molar-refractivity contribution is 0.315. The van der Waals surface area contributed by atoms with Gasteiger partial charge in [-0.1, -0.05) is 6.07 Å². The molecule has 0 radical (unpaired) electrons. The van der Waals surface area contributed by atoms with E-state index in [2.05, 4.69) is 51.5 Å². The van der Waals surface area contributed by atoms with E-state index < -0.39 is 0 Å². The summed E-state index contributed by atoms with van der Waals surface area (Å²) in [6.07, 6.45) is 8.31. The van der Waals surface area contributed by atoms with Gasteiger partial charge in [0.25, 0.3) is 0 Å². The molecule has 0 saturated heterocycles. The van der Waals surface area contributed by atoms with E-state index in [1.54, 1.807) is 0 Å². The highest BCUT2D eigenvalue weighted by Gasteiger charge is 2.19. The molecule has 21 heavy (non-hydrogen) atoms. The zero-order chi connectivity index (χ0) is 14.5. The van der Waals surface area contributed by atoms with Crippen molar-refractivity contribution in [1.82, 2.24) is 20.2 Å². The summed E-state index contributed by atoms with van der Waals surface area (Å²) in [5, 5.41) is 3.51. The summed E-state index contributed by atoms with van der Waals surface area (Å²) in [6, 6.07) is 9.16. The average molecular weight is 282 g/mol. The van der Waals surface area contributed by atoms with Crippen LogP contribution in [-0.4, -0.2) is 28.0 Å².